The molecule has 0 radical (unpaired) electrons. The van der Waals surface area contributed by atoms with Crippen LogP contribution in [-0.4, -0.2) is 39.4 Å². The lowest BCUT2D eigenvalue weighted by Gasteiger charge is -2.17. The van der Waals surface area contributed by atoms with E-state index in [1.165, 1.54) is 17.4 Å². The summed E-state index contributed by atoms with van der Waals surface area (Å²) in [7, 11) is -2.02. The summed E-state index contributed by atoms with van der Waals surface area (Å²) < 4.78 is 40.6. The average Bonchev–Trinajstić information content (AvgIpc) is 2.38. The SMILES string of the molecule is CN(CCCN)S(=O)(=O)NCCc1ccccc1F. The Balaban J connectivity index is 2.46. The summed E-state index contributed by atoms with van der Waals surface area (Å²) in [6.45, 7) is 0.969. The Kier molecular flexibility index (Phi) is 6.36. The standard InChI is InChI=1S/C12H20FN3O2S/c1-16(10-4-8-14)19(17,18)15-9-7-11-5-2-3-6-12(11)13/h2-3,5-6,15H,4,7-10,14H2,1H3. The predicted molar refractivity (Wildman–Crippen MR) is 73.3 cm³/mol. The van der Waals surface area contributed by atoms with E-state index >= 15 is 0 Å². The van der Waals surface area contributed by atoms with E-state index in [4.69, 9.17) is 5.73 Å². The minimum Gasteiger partial charge on any atom is -0.330 e. The number of hydrogen-bond acceptors (Lipinski definition) is 3. The zero-order valence-electron chi connectivity index (χ0n) is 11.0. The van der Waals surface area contributed by atoms with Crippen LogP contribution < -0.4 is 10.5 Å². The first kappa shape index (κ1) is 16.0. The lowest BCUT2D eigenvalue weighted by atomic mass is 10.1. The molecule has 0 aliphatic carbocycles. The Morgan fingerprint density at radius 3 is 2.68 bits per heavy atom. The molecule has 0 saturated carbocycles. The molecule has 0 amide bonds. The predicted octanol–water partition coefficient (Wildman–Crippen LogP) is 0.483. The summed E-state index contributed by atoms with van der Waals surface area (Å²) in [6, 6.07) is 6.32. The van der Waals surface area contributed by atoms with Crippen molar-refractivity contribution in [1.29, 1.82) is 0 Å². The number of benzene rings is 1. The van der Waals surface area contributed by atoms with Gasteiger partial charge < -0.3 is 5.73 Å². The van der Waals surface area contributed by atoms with Gasteiger partial charge in [-0.05, 0) is 31.0 Å². The van der Waals surface area contributed by atoms with Gasteiger partial charge in [-0.25, -0.2) is 9.11 Å². The Morgan fingerprint density at radius 1 is 1.37 bits per heavy atom. The number of nitrogens with one attached hydrogen (secondary N) is 1. The summed E-state index contributed by atoms with van der Waals surface area (Å²) in [5.74, 6) is -0.321. The van der Waals surface area contributed by atoms with Gasteiger partial charge in [0.05, 0.1) is 0 Å². The minimum absolute atomic E-state index is 0.163. The van der Waals surface area contributed by atoms with Crippen molar-refractivity contribution in [2.24, 2.45) is 5.73 Å². The van der Waals surface area contributed by atoms with Crippen molar-refractivity contribution in [2.75, 3.05) is 26.7 Å². The second-order valence-electron chi connectivity index (χ2n) is 4.20. The molecule has 0 fully saturated rings. The van der Waals surface area contributed by atoms with Gasteiger partial charge in [0.2, 0.25) is 0 Å². The molecule has 7 heteroatoms. The van der Waals surface area contributed by atoms with E-state index in [2.05, 4.69) is 4.72 Å². The van der Waals surface area contributed by atoms with Crippen molar-refractivity contribution in [3.05, 3.63) is 35.6 Å². The zero-order chi connectivity index (χ0) is 14.3. The molecule has 0 unspecified atom stereocenters. The largest absolute Gasteiger partial charge is 0.330 e. The normalized spacial score (nSPS) is 12.0. The highest BCUT2D eigenvalue weighted by molar-refractivity contribution is 7.87. The van der Waals surface area contributed by atoms with Crippen LogP contribution in [0.2, 0.25) is 0 Å². The van der Waals surface area contributed by atoms with Gasteiger partial charge in [0.15, 0.2) is 0 Å². The smallest absolute Gasteiger partial charge is 0.279 e. The molecular formula is C12H20FN3O2S. The van der Waals surface area contributed by atoms with Crippen molar-refractivity contribution in [1.82, 2.24) is 9.03 Å². The highest BCUT2D eigenvalue weighted by Gasteiger charge is 2.16. The van der Waals surface area contributed by atoms with Crippen molar-refractivity contribution in [3.8, 4) is 0 Å². The van der Waals surface area contributed by atoms with Gasteiger partial charge in [-0.15, -0.1) is 0 Å². The number of nitrogens with zero attached hydrogens (tertiary/aromatic N) is 1. The van der Waals surface area contributed by atoms with E-state index in [0.29, 0.717) is 31.5 Å². The fourth-order valence-electron chi connectivity index (χ4n) is 1.56. The van der Waals surface area contributed by atoms with E-state index in [9.17, 15) is 12.8 Å². The molecule has 0 bridgehead atoms. The van der Waals surface area contributed by atoms with Crippen LogP contribution in [0.1, 0.15) is 12.0 Å². The molecule has 1 aromatic carbocycles. The van der Waals surface area contributed by atoms with Gasteiger partial charge in [0.1, 0.15) is 5.82 Å². The van der Waals surface area contributed by atoms with Crippen LogP contribution in [0.25, 0.3) is 0 Å². The maximum Gasteiger partial charge on any atom is 0.279 e. The number of halogens is 1. The minimum atomic E-state index is -3.51. The van der Waals surface area contributed by atoms with Crippen LogP contribution in [0.15, 0.2) is 24.3 Å². The van der Waals surface area contributed by atoms with E-state index in [1.54, 1.807) is 18.2 Å². The maximum absolute atomic E-state index is 13.3. The first-order chi connectivity index (χ1) is 8.97. The average molecular weight is 289 g/mol. The summed E-state index contributed by atoms with van der Waals surface area (Å²) in [5, 5.41) is 0. The molecule has 0 aliphatic rings. The van der Waals surface area contributed by atoms with Gasteiger partial charge in [0.25, 0.3) is 10.2 Å². The summed E-state index contributed by atoms with van der Waals surface area (Å²) >= 11 is 0. The molecule has 19 heavy (non-hydrogen) atoms. The first-order valence-electron chi connectivity index (χ1n) is 6.12. The van der Waals surface area contributed by atoms with Crippen molar-refractivity contribution in [2.45, 2.75) is 12.8 Å². The number of hydrogen-bond donors (Lipinski definition) is 2. The fourth-order valence-corrected chi connectivity index (χ4v) is 2.51. The van der Waals surface area contributed by atoms with E-state index < -0.39 is 10.2 Å². The topological polar surface area (TPSA) is 75.4 Å². The molecule has 0 saturated heterocycles. The summed E-state index contributed by atoms with van der Waals surface area (Å²) in [4.78, 5) is 0. The molecule has 1 aromatic rings. The maximum atomic E-state index is 13.3. The molecule has 108 valence electrons. The van der Waals surface area contributed by atoms with Crippen LogP contribution in [0.4, 0.5) is 4.39 Å². The molecule has 0 spiro atoms. The van der Waals surface area contributed by atoms with Crippen LogP contribution in [-0.2, 0) is 16.6 Å². The van der Waals surface area contributed by atoms with Gasteiger partial charge >= 0.3 is 0 Å². The Labute approximate surface area is 113 Å². The molecule has 0 aromatic heterocycles. The van der Waals surface area contributed by atoms with E-state index in [-0.39, 0.29) is 12.4 Å². The lowest BCUT2D eigenvalue weighted by molar-refractivity contribution is 0.453. The molecule has 0 aliphatic heterocycles. The second kappa shape index (κ2) is 7.54. The summed E-state index contributed by atoms with van der Waals surface area (Å²) in [6.07, 6.45) is 0.918. The van der Waals surface area contributed by atoms with E-state index in [0.717, 1.165) is 0 Å². The third kappa shape index (κ3) is 5.23. The quantitative estimate of drug-likeness (QED) is 0.731. The number of nitrogens with two attached hydrogens (primary N) is 1. The third-order valence-electron chi connectivity index (χ3n) is 2.72. The molecular weight excluding hydrogens is 269 g/mol. The van der Waals surface area contributed by atoms with Crippen molar-refractivity contribution >= 4 is 10.2 Å². The van der Waals surface area contributed by atoms with E-state index in [1.807, 2.05) is 0 Å². The van der Waals surface area contributed by atoms with Crippen LogP contribution >= 0.6 is 0 Å². The van der Waals surface area contributed by atoms with Gasteiger partial charge in [-0.2, -0.15) is 12.7 Å². The third-order valence-corrected chi connectivity index (χ3v) is 4.30. The van der Waals surface area contributed by atoms with Gasteiger partial charge in [-0.3, -0.25) is 0 Å². The highest BCUT2D eigenvalue weighted by Crippen LogP contribution is 2.06. The van der Waals surface area contributed by atoms with Crippen LogP contribution in [0, 0.1) is 5.82 Å². The first-order valence-corrected chi connectivity index (χ1v) is 7.56. The van der Waals surface area contributed by atoms with Crippen LogP contribution in [0.5, 0.6) is 0 Å². The Bertz CT molecular complexity index is 494. The molecule has 3 N–H and O–H groups in total. The number of rotatable bonds is 8. The van der Waals surface area contributed by atoms with Crippen LogP contribution in [0.3, 0.4) is 0 Å². The van der Waals surface area contributed by atoms with Crippen molar-refractivity contribution < 1.29 is 12.8 Å². The highest BCUT2D eigenvalue weighted by atomic mass is 32.2. The lowest BCUT2D eigenvalue weighted by Crippen LogP contribution is -2.40. The Morgan fingerprint density at radius 2 is 2.05 bits per heavy atom. The molecule has 0 atom stereocenters. The summed E-state index contributed by atoms with van der Waals surface area (Å²) in [5.41, 5.74) is 5.82. The Hall–Kier alpha value is -1.02. The molecule has 1 rings (SSSR count). The van der Waals surface area contributed by atoms with Gasteiger partial charge in [0, 0.05) is 20.1 Å². The monoisotopic (exact) mass is 289 g/mol. The molecule has 5 nitrogen and oxygen atoms in total. The molecule has 0 heterocycles. The zero-order valence-corrected chi connectivity index (χ0v) is 11.8. The van der Waals surface area contributed by atoms with Gasteiger partial charge in [-0.1, -0.05) is 18.2 Å². The van der Waals surface area contributed by atoms with Crippen molar-refractivity contribution in [3.63, 3.8) is 0 Å². The second-order valence-corrected chi connectivity index (χ2v) is 6.07. The fraction of sp³-hybridized carbons (Fsp3) is 0.500.